The summed E-state index contributed by atoms with van der Waals surface area (Å²) in [6.45, 7) is 8.50. The van der Waals surface area contributed by atoms with Crippen molar-refractivity contribution < 1.29 is 61.6 Å². The Morgan fingerprint density at radius 1 is 1.05 bits per heavy atom. The number of nitrogens with zero attached hydrogens (tertiary/aromatic N) is 5. The molecule has 6 atom stereocenters. The number of hydrogen-bond acceptors (Lipinski definition) is 18. The molecule has 2 aromatic carbocycles. The van der Waals surface area contributed by atoms with E-state index in [1.165, 1.54) is 32.4 Å². The largest absolute Gasteiger partial charge is 0.497 e. The maximum absolute atomic E-state index is 14.0. The lowest BCUT2D eigenvalue weighted by molar-refractivity contribution is -0.384. The first-order chi connectivity index (χ1) is 31.6. The standard InChI is InChI=1S/C44H55N6O15P/c1-27(2)49(28(3)4)66(62-23-9-20-45)65-39-35(26-61-43(54)34-24-32(50(56)57)15-12-31(34)25-60-37(52)18-11-29(5)51)63-42(40(39)64-38-10-7-8-22-59-38)48-21-19-36(47-44(48)55)46-41(53)30-13-16-33(58-6)17-14-30/h12-17,19,21,24,27-28,35,38-40,42H,7-11,18,22-23,25-26H2,1-6H3,(H,46,47,53,55)/t35-,38?,39-,40-,42-,66?/m1/s1. The number of benzene rings is 2. The molecule has 66 heavy (non-hydrogen) atoms. The highest BCUT2D eigenvalue weighted by Crippen LogP contribution is 2.51. The highest BCUT2D eigenvalue weighted by atomic mass is 31.2. The number of nitro groups is 1. The number of non-ortho nitro benzene ring substituents is 1. The van der Waals surface area contributed by atoms with Crippen LogP contribution < -0.4 is 15.7 Å². The van der Waals surface area contributed by atoms with Gasteiger partial charge in [-0.15, -0.1) is 0 Å². The van der Waals surface area contributed by atoms with Crippen molar-refractivity contribution in [2.45, 2.75) is 123 Å². The molecular formula is C44H55N6O15P. The maximum atomic E-state index is 14.0. The van der Waals surface area contributed by atoms with E-state index in [4.69, 9.17) is 37.5 Å². The van der Waals surface area contributed by atoms with Crippen molar-refractivity contribution >= 4 is 43.7 Å². The van der Waals surface area contributed by atoms with E-state index in [1.54, 1.807) is 24.3 Å². The first-order valence-electron chi connectivity index (χ1n) is 21.4. The second kappa shape index (κ2) is 24.7. The lowest BCUT2D eigenvalue weighted by Crippen LogP contribution is -2.44. The van der Waals surface area contributed by atoms with Crippen molar-refractivity contribution in [2.24, 2.45) is 0 Å². The first-order valence-corrected chi connectivity index (χ1v) is 22.5. The molecule has 0 aliphatic carbocycles. The number of nitro benzene ring substituents is 1. The predicted molar refractivity (Wildman–Crippen MR) is 235 cm³/mol. The van der Waals surface area contributed by atoms with Gasteiger partial charge in [0.05, 0.1) is 43.1 Å². The summed E-state index contributed by atoms with van der Waals surface area (Å²) in [5.41, 5.74) is -1.19. The molecule has 0 radical (unpaired) electrons. The van der Waals surface area contributed by atoms with E-state index in [1.807, 2.05) is 32.4 Å². The molecule has 1 N–H and O–H groups in total. The van der Waals surface area contributed by atoms with Crippen LogP contribution in [0, 0.1) is 21.4 Å². The van der Waals surface area contributed by atoms with Gasteiger partial charge in [-0.3, -0.25) is 24.3 Å². The average Bonchev–Trinajstić information content (AvgIpc) is 3.61. The molecule has 3 aromatic rings. The number of methoxy groups -OCH3 is 1. The Labute approximate surface area is 382 Å². The maximum Gasteiger partial charge on any atom is 0.351 e. The number of ether oxygens (including phenoxy) is 6. The molecule has 3 heterocycles. The van der Waals surface area contributed by atoms with Gasteiger partial charge in [-0.05, 0) is 90.3 Å². The summed E-state index contributed by atoms with van der Waals surface area (Å²) >= 11 is 0. The Morgan fingerprint density at radius 2 is 1.79 bits per heavy atom. The van der Waals surface area contributed by atoms with Gasteiger partial charge in [-0.1, -0.05) is 0 Å². The van der Waals surface area contributed by atoms with E-state index in [2.05, 4.69) is 16.4 Å². The van der Waals surface area contributed by atoms with Gasteiger partial charge in [0, 0.05) is 54.6 Å². The number of amides is 1. The summed E-state index contributed by atoms with van der Waals surface area (Å²) in [6.07, 6.45) is -2.41. The summed E-state index contributed by atoms with van der Waals surface area (Å²) in [4.78, 5) is 80.0. The fraction of sp³-hybridized carbons (Fsp3) is 0.523. The third kappa shape index (κ3) is 14.1. The normalized spacial score (nSPS) is 19.8. The van der Waals surface area contributed by atoms with Crippen LogP contribution in [0.3, 0.4) is 0 Å². The molecule has 5 rings (SSSR count). The van der Waals surface area contributed by atoms with Gasteiger partial charge in [0.25, 0.3) is 20.1 Å². The average molecular weight is 939 g/mol. The Hall–Kier alpha value is -5.72. The van der Waals surface area contributed by atoms with E-state index in [0.29, 0.717) is 18.8 Å². The number of aromatic nitrogens is 2. The fourth-order valence-corrected chi connectivity index (χ4v) is 8.84. The topological polar surface area (TPSA) is 259 Å². The van der Waals surface area contributed by atoms with Gasteiger partial charge < -0.3 is 47.6 Å². The number of carbonyl (C=O) groups excluding carboxylic acids is 4. The molecule has 0 saturated carbocycles. The molecule has 2 aliphatic heterocycles. The SMILES string of the molecule is COc1ccc(C(=O)Nc2ccn([C@@H]3O[C@H](COC(=O)c4cc([N+](=O)[O-])ccc4COC(=O)CCC(C)=O)[C@@H](OP(OCCC#N)N(C(C)C)C(C)C)[C@H]3OC3CCCCO3)c(=O)n2)cc1. The minimum absolute atomic E-state index is 0.00797. The molecule has 22 heteroatoms. The van der Waals surface area contributed by atoms with Crippen LogP contribution in [0.2, 0.25) is 0 Å². The minimum Gasteiger partial charge on any atom is -0.497 e. The minimum atomic E-state index is -2.01. The molecular weight excluding hydrogens is 883 g/mol. The van der Waals surface area contributed by atoms with Gasteiger partial charge in [0.1, 0.15) is 48.9 Å². The lowest BCUT2D eigenvalue weighted by Gasteiger charge is -2.38. The summed E-state index contributed by atoms with van der Waals surface area (Å²) in [5.74, 6) is -2.03. The lowest BCUT2D eigenvalue weighted by atomic mass is 10.1. The number of esters is 2. The first kappa shape index (κ1) is 51.3. The zero-order chi connectivity index (χ0) is 47.9. The molecule has 2 fully saturated rings. The Morgan fingerprint density at radius 3 is 2.41 bits per heavy atom. The zero-order valence-corrected chi connectivity index (χ0v) is 38.5. The third-order valence-electron chi connectivity index (χ3n) is 10.3. The molecule has 1 aromatic heterocycles. The van der Waals surface area contributed by atoms with Crippen molar-refractivity contribution in [1.82, 2.24) is 14.2 Å². The summed E-state index contributed by atoms with van der Waals surface area (Å²) in [6, 6.07) is 12.9. The number of hydrogen-bond donors (Lipinski definition) is 1. The number of rotatable bonds is 23. The van der Waals surface area contributed by atoms with Gasteiger partial charge in [0.15, 0.2) is 12.5 Å². The van der Waals surface area contributed by atoms with Gasteiger partial charge in [-0.25, -0.2) is 14.3 Å². The number of nitrogens with one attached hydrogen (secondary N) is 1. The molecule has 356 valence electrons. The number of ketones is 1. The van der Waals surface area contributed by atoms with Crippen LogP contribution in [0.25, 0.3) is 0 Å². The fourth-order valence-electron chi connectivity index (χ4n) is 7.08. The number of carbonyl (C=O) groups is 4. The van der Waals surface area contributed by atoms with Crippen molar-refractivity contribution in [3.63, 3.8) is 0 Å². The highest BCUT2D eigenvalue weighted by molar-refractivity contribution is 7.44. The van der Waals surface area contributed by atoms with Crippen LogP contribution in [-0.2, 0) is 48.9 Å². The van der Waals surface area contributed by atoms with Crippen LogP contribution in [0.4, 0.5) is 11.5 Å². The highest BCUT2D eigenvalue weighted by Gasteiger charge is 2.52. The molecule has 2 unspecified atom stereocenters. The van der Waals surface area contributed by atoms with Crippen LogP contribution in [0.15, 0.2) is 59.5 Å². The second-order valence-electron chi connectivity index (χ2n) is 15.8. The summed E-state index contributed by atoms with van der Waals surface area (Å²) in [7, 11) is -0.506. The predicted octanol–water partition coefficient (Wildman–Crippen LogP) is 6.15. The second-order valence-corrected chi connectivity index (χ2v) is 17.2. The van der Waals surface area contributed by atoms with E-state index < -0.39 is 86.7 Å². The van der Waals surface area contributed by atoms with Crippen LogP contribution in [0.1, 0.15) is 106 Å². The van der Waals surface area contributed by atoms with Crippen molar-refractivity contribution in [1.29, 1.82) is 5.26 Å². The van der Waals surface area contributed by atoms with Crippen LogP contribution >= 0.6 is 8.53 Å². The van der Waals surface area contributed by atoms with Gasteiger partial charge in [-0.2, -0.15) is 10.2 Å². The van der Waals surface area contributed by atoms with E-state index in [-0.39, 0.29) is 66.2 Å². The zero-order valence-electron chi connectivity index (χ0n) is 37.6. The Bertz CT molecular complexity index is 2260. The van der Waals surface area contributed by atoms with E-state index in [0.717, 1.165) is 29.5 Å². The van der Waals surface area contributed by atoms with Crippen molar-refractivity contribution in [3.05, 3.63) is 92.0 Å². The van der Waals surface area contributed by atoms with E-state index in [9.17, 15) is 39.3 Å². The van der Waals surface area contributed by atoms with Gasteiger partial charge >= 0.3 is 17.6 Å². The number of anilines is 1. The third-order valence-corrected chi connectivity index (χ3v) is 12.4. The van der Waals surface area contributed by atoms with Gasteiger partial charge in [0.2, 0.25) is 0 Å². The molecule has 0 bridgehead atoms. The quantitative estimate of drug-likeness (QED) is 0.0367. The van der Waals surface area contributed by atoms with E-state index >= 15 is 0 Å². The Kier molecular flexibility index (Phi) is 19.2. The molecule has 21 nitrogen and oxygen atoms in total. The molecule has 2 aliphatic rings. The van der Waals surface area contributed by atoms with Crippen molar-refractivity contribution in [3.8, 4) is 11.8 Å². The molecule has 1 amide bonds. The monoisotopic (exact) mass is 938 g/mol. The summed E-state index contributed by atoms with van der Waals surface area (Å²) < 4.78 is 51.6. The van der Waals surface area contributed by atoms with Crippen LogP contribution in [0.5, 0.6) is 5.75 Å². The molecule has 0 spiro atoms. The Balaban J connectivity index is 1.51. The van der Waals surface area contributed by atoms with Crippen molar-refractivity contribution in [2.75, 3.05) is 32.2 Å². The summed E-state index contributed by atoms with van der Waals surface area (Å²) in [5, 5.41) is 23.8. The smallest absolute Gasteiger partial charge is 0.351 e. The molecule has 2 saturated heterocycles. The number of Topliss-reactive ketones (excluding diaryl/α,β-unsaturated/α-hetero) is 1. The number of nitriles is 1. The van der Waals surface area contributed by atoms with Crippen LogP contribution in [-0.4, -0.2) is 106 Å².